The van der Waals surface area contributed by atoms with Crippen LogP contribution in [0.3, 0.4) is 0 Å². The van der Waals surface area contributed by atoms with E-state index in [1.165, 1.54) is 20.8 Å². The third kappa shape index (κ3) is 5.38. The number of hydrogen-bond donors (Lipinski definition) is 3. The monoisotopic (exact) mass is 532 g/mol. The zero-order chi connectivity index (χ0) is 27.3. The van der Waals surface area contributed by atoms with E-state index in [0.717, 1.165) is 0 Å². The van der Waals surface area contributed by atoms with E-state index in [0.29, 0.717) is 0 Å². The largest absolute Gasteiger partial charge is 0.426 e. The van der Waals surface area contributed by atoms with Crippen LogP contribution in [0, 0.1) is 17.3 Å². The summed E-state index contributed by atoms with van der Waals surface area (Å²) in [6, 6.07) is 0. The first kappa shape index (κ1) is 31.0. The molecule has 0 aromatic carbocycles. The normalized spacial score (nSPS) is 25.4. The molecule has 3 N–H and O–H groups in total. The predicted octanol–water partition coefficient (Wildman–Crippen LogP) is 5.25. The second-order valence-electron chi connectivity index (χ2n) is 9.08. The van der Waals surface area contributed by atoms with Crippen LogP contribution < -0.4 is 0 Å². The molecule has 0 saturated heterocycles. The average Bonchev–Trinajstić information content (AvgIpc) is 2.62. The van der Waals surface area contributed by atoms with Crippen molar-refractivity contribution >= 4 is 0 Å². The Morgan fingerprint density at radius 2 is 0.971 bits per heavy atom. The van der Waals surface area contributed by atoms with Crippen LogP contribution in [-0.4, -0.2) is 63.6 Å². The van der Waals surface area contributed by atoms with Crippen molar-refractivity contribution in [3.8, 4) is 0 Å². The number of rotatable bonds is 6. The first-order valence-corrected chi connectivity index (χ1v) is 9.82. The minimum Gasteiger partial charge on any atom is -0.373 e. The highest BCUT2D eigenvalue weighted by Crippen LogP contribution is 2.58. The lowest BCUT2D eigenvalue weighted by atomic mass is 9.65. The molecule has 0 spiro atoms. The van der Waals surface area contributed by atoms with E-state index in [2.05, 4.69) is 0 Å². The van der Waals surface area contributed by atoms with Gasteiger partial charge in [-0.15, -0.1) is 0 Å². The van der Waals surface area contributed by atoms with Crippen LogP contribution in [0.2, 0.25) is 0 Å². The molecule has 16 heteroatoms. The predicted molar refractivity (Wildman–Crippen MR) is 89.9 cm³/mol. The van der Waals surface area contributed by atoms with Crippen LogP contribution in [0.25, 0.3) is 0 Å². The Bertz CT molecular complexity index is 621. The molecule has 204 valence electrons. The van der Waals surface area contributed by atoms with Crippen molar-refractivity contribution in [1.29, 1.82) is 0 Å². The maximum Gasteiger partial charge on any atom is 0.426 e. The molecule has 3 atom stereocenters. The fourth-order valence-electron chi connectivity index (χ4n) is 3.85. The van der Waals surface area contributed by atoms with Crippen molar-refractivity contribution in [3.05, 3.63) is 0 Å². The van der Waals surface area contributed by atoms with Crippen molar-refractivity contribution < 1.29 is 72.7 Å². The number of halogens is 12. The molecule has 0 aromatic rings. The van der Waals surface area contributed by atoms with Gasteiger partial charge in [-0.1, -0.05) is 20.8 Å². The number of aliphatic hydroxyl groups is 3. The topological polar surface area (TPSA) is 69.9 Å². The van der Waals surface area contributed by atoms with E-state index >= 15 is 0 Å². The third-order valence-corrected chi connectivity index (χ3v) is 6.48. The van der Waals surface area contributed by atoms with E-state index in [4.69, 9.17) is 4.74 Å². The van der Waals surface area contributed by atoms with Gasteiger partial charge in [0.15, 0.2) is 6.29 Å². The molecule has 1 aliphatic rings. The summed E-state index contributed by atoms with van der Waals surface area (Å²) >= 11 is 0. The first-order chi connectivity index (χ1) is 14.8. The molecule has 34 heavy (non-hydrogen) atoms. The molecular weight excluding hydrogens is 508 g/mol. The first-order valence-electron chi connectivity index (χ1n) is 9.82. The van der Waals surface area contributed by atoms with E-state index in [1.54, 1.807) is 0 Å². The minimum absolute atomic E-state index is 0.0812. The van der Waals surface area contributed by atoms with Gasteiger partial charge in [0.05, 0.1) is 6.10 Å². The molecule has 0 aromatic heterocycles. The van der Waals surface area contributed by atoms with Gasteiger partial charge in [0, 0.05) is 17.3 Å². The highest BCUT2D eigenvalue weighted by Gasteiger charge is 2.78. The zero-order valence-electron chi connectivity index (χ0n) is 17.9. The maximum absolute atomic E-state index is 13.3. The highest BCUT2D eigenvalue weighted by molar-refractivity contribution is 5.08. The number of hydrogen-bond acceptors (Lipinski definition) is 4. The van der Waals surface area contributed by atoms with Gasteiger partial charge in [-0.05, 0) is 25.7 Å². The summed E-state index contributed by atoms with van der Waals surface area (Å²) in [6.45, 7) is 4.08. The summed E-state index contributed by atoms with van der Waals surface area (Å²) in [4.78, 5) is 0. The van der Waals surface area contributed by atoms with Gasteiger partial charge < -0.3 is 20.1 Å². The highest BCUT2D eigenvalue weighted by atomic mass is 19.4. The molecule has 0 heterocycles. The molecule has 4 nitrogen and oxygen atoms in total. The van der Waals surface area contributed by atoms with Crippen LogP contribution in [0.4, 0.5) is 52.7 Å². The van der Waals surface area contributed by atoms with Crippen molar-refractivity contribution in [1.82, 2.24) is 0 Å². The number of aliphatic hydroxyl groups excluding tert-OH is 1. The van der Waals surface area contributed by atoms with Crippen molar-refractivity contribution in [3.63, 3.8) is 0 Å². The quantitative estimate of drug-likeness (QED) is 0.323. The van der Waals surface area contributed by atoms with Gasteiger partial charge in [0.25, 0.3) is 11.2 Å². The molecule has 0 radical (unpaired) electrons. The summed E-state index contributed by atoms with van der Waals surface area (Å²) in [5.41, 5.74) is -12.7. The molecular formula is C18H24F12O4. The Kier molecular flexibility index (Phi) is 8.34. The Morgan fingerprint density at radius 1 is 0.676 bits per heavy atom. The molecule has 0 bridgehead atoms. The standard InChI is InChI=1S/C18H24F12O4/c1-4-12(2,3)11(31)34-10-6-8(13(32,15(19,20)21)16(22,23)24)5-9(7-10)14(33,17(25,26)27)18(28,29)30/h8-11,31-33H,4-7H2,1-3H3. The summed E-state index contributed by atoms with van der Waals surface area (Å²) < 4.78 is 165. The second-order valence-corrected chi connectivity index (χ2v) is 9.08. The number of ether oxygens (including phenoxy) is 1. The van der Waals surface area contributed by atoms with Crippen molar-refractivity contribution in [2.75, 3.05) is 0 Å². The average molecular weight is 532 g/mol. The van der Waals surface area contributed by atoms with Crippen LogP contribution in [0.5, 0.6) is 0 Å². The van der Waals surface area contributed by atoms with Crippen molar-refractivity contribution in [2.45, 2.75) is 94.8 Å². The fourth-order valence-corrected chi connectivity index (χ4v) is 3.85. The molecule has 1 rings (SSSR count). The molecule has 0 amide bonds. The van der Waals surface area contributed by atoms with E-state index in [-0.39, 0.29) is 6.42 Å². The van der Waals surface area contributed by atoms with E-state index < -0.39 is 84.8 Å². The van der Waals surface area contributed by atoms with Crippen LogP contribution >= 0.6 is 0 Å². The fraction of sp³-hybridized carbons (Fsp3) is 1.00. The Balaban J connectivity index is 3.67. The van der Waals surface area contributed by atoms with Crippen LogP contribution in [0.1, 0.15) is 46.5 Å². The van der Waals surface area contributed by atoms with Gasteiger partial charge in [-0.25, -0.2) is 0 Å². The Hall–Kier alpha value is -1.00. The lowest BCUT2D eigenvalue weighted by Gasteiger charge is -2.49. The summed E-state index contributed by atoms with van der Waals surface area (Å²) in [5, 5.41) is 29.4. The lowest BCUT2D eigenvalue weighted by Crippen LogP contribution is -2.67. The maximum atomic E-state index is 13.3. The van der Waals surface area contributed by atoms with E-state index in [1.807, 2.05) is 0 Å². The Morgan fingerprint density at radius 3 is 1.21 bits per heavy atom. The molecule has 0 aliphatic heterocycles. The van der Waals surface area contributed by atoms with Gasteiger partial charge >= 0.3 is 24.7 Å². The minimum atomic E-state index is -6.56. The molecule has 1 fully saturated rings. The summed E-state index contributed by atoms with van der Waals surface area (Å²) in [7, 11) is 0. The third-order valence-electron chi connectivity index (χ3n) is 6.48. The number of alkyl halides is 12. The van der Waals surface area contributed by atoms with Crippen LogP contribution in [0.15, 0.2) is 0 Å². The molecule has 1 aliphatic carbocycles. The Labute approximate surface area is 185 Å². The van der Waals surface area contributed by atoms with Gasteiger partial charge in [0.2, 0.25) is 0 Å². The van der Waals surface area contributed by atoms with Gasteiger partial charge in [-0.3, -0.25) is 0 Å². The van der Waals surface area contributed by atoms with Gasteiger partial charge in [0.1, 0.15) is 0 Å². The van der Waals surface area contributed by atoms with Crippen LogP contribution in [-0.2, 0) is 4.74 Å². The second kappa shape index (κ2) is 9.14. The lowest BCUT2D eigenvalue weighted by molar-refractivity contribution is -0.407. The smallest absolute Gasteiger partial charge is 0.373 e. The van der Waals surface area contributed by atoms with E-state index in [9.17, 15) is 68.0 Å². The zero-order valence-corrected chi connectivity index (χ0v) is 17.9. The van der Waals surface area contributed by atoms with Crippen molar-refractivity contribution in [2.24, 2.45) is 17.3 Å². The molecule has 1 saturated carbocycles. The van der Waals surface area contributed by atoms with Gasteiger partial charge in [-0.2, -0.15) is 52.7 Å². The summed E-state index contributed by atoms with van der Waals surface area (Å²) in [5.74, 6) is -6.66. The SMILES string of the molecule is CCC(C)(C)C(O)OC1CC(C(O)(C(F)(F)F)C(F)(F)F)CC(C(O)(C(F)(F)F)C(F)(F)F)C1. The molecule has 3 unspecified atom stereocenters. The summed E-state index contributed by atoms with van der Waals surface area (Å²) in [6.07, 6.45) is -35.6.